The maximum Gasteiger partial charge on any atom is 0.270 e. The van der Waals surface area contributed by atoms with Crippen LogP contribution in [0.1, 0.15) is 42.6 Å². The van der Waals surface area contributed by atoms with Crippen LogP contribution in [0, 0.1) is 0 Å². The van der Waals surface area contributed by atoms with Crippen molar-refractivity contribution in [3.05, 3.63) is 42.2 Å². The minimum absolute atomic E-state index is 0.118. The fourth-order valence-electron chi connectivity index (χ4n) is 4.00. The maximum absolute atomic E-state index is 12.5. The molecule has 0 bridgehead atoms. The number of aromatic nitrogens is 2. The number of carbonyl (C=O) groups is 1. The molecule has 7 heteroatoms. The predicted molar refractivity (Wildman–Crippen MR) is 116 cm³/mol. The van der Waals surface area contributed by atoms with Crippen molar-refractivity contribution < 1.29 is 4.79 Å². The Balaban J connectivity index is 1.36. The Morgan fingerprint density at radius 2 is 1.72 bits per heavy atom. The first-order valence-corrected chi connectivity index (χ1v) is 10.6. The largest absolute Gasteiger partial charge is 0.369 e. The summed E-state index contributed by atoms with van der Waals surface area (Å²) < 4.78 is 0. The van der Waals surface area contributed by atoms with Crippen LogP contribution in [0.4, 0.5) is 17.3 Å². The van der Waals surface area contributed by atoms with Crippen LogP contribution in [0.15, 0.2) is 36.5 Å². The number of hydrogen-bond donors (Lipinski definition) is 2. The summed E-state index contributed by atoms with van der Waals surface area (Å²) in [7, 11) is 2.16. The summed E-state index contributed by atoms with van der Waals surface area (Å²) in [4.78, 5) is 25.9. The lowest BCUT2D eigenvalue weighted by Gasteiger charge is -2.34. The molecule has 0 atom stereocenters. The van der Waals surface area contributed by atoms with Gasteiger partial charge in [-0.2, -0.15) is 0 Å². The van der Waals surface area contributed by atoms with E-state index < -0.39 is 0 Å². The van der Waals surface area contributed by atoms with Crippen molar-refractivity contribution >= 4 is 23.2 Å². The Hall–Kier alpha value is -2.67. The molecule has 0 radical (unpaired) electrons. The quantitative estimate of drug-likeness (QED) is 0.812. The summed E-state index contributed by atoms with van der Waals surface area (Å²) in [6.45, 7) is 4.27. The first kappa shape index (κ1) is 19.6. The van der Waals surface area contributed by atoms with Gasteiger partial charge >= 0.3 is 0 Å². The lowest BCUT2D eigenvalue weighted by Crippen LogP contribution is -2.44. The third kappa shape index (κ3) is 5.23. The fraction of sp³-hybridized carbons (Fsp3) is 0.500. The van der Waals surface area contributed by atoms with Crippen molar-refractivity contribution in [3.63, 3.8) is 0 Å². The van der Waals surface area contributed by atoms with Gasteiger partial charge in [-0.3, -0.25) is 4.79 Å². The van der Waals surface area contributed by atoms with Crippen LogP contribution >= 0.6 is 0 Å². The molecule has 154 valence electrons. The molecule has 1 aliphatic heterocycles. The van der Waals surface area contributed by atoms with E-state index in [1.165, 1.54) is 24.9 Å². The molecule has 2 aliphatic rings. The van der Waals surface area contributed by atoms with Crippen LogP contribution in [0.5, 0.6) is 0 Å². The molecule has 7 nitrogen and oxygen atoms in total. The number of anilines is 3. The van der Waals surface area contributed by atoms with Gasteiger partial charge in [0.05, 0.1) is 0 Å². The number of piperazine rings is 1. The Morgan fingerprint density at radius 1 is 1.00 bits per heavy atom. The number of likely N-dealkylation sites (N-methyl/N-ethyl adjacent to an activating group) is 1. The van der Waals surface area contributed by atoms with Crippen molar-refractivity contribution in [2.24, 2.45) is 0 Å². The second-order valence-corrected chi connectivity index (χ2v) is 8.04. The molecule has 1 amide bonds. The van der Waals surface area contributed by atoms with Crippen molar-refractivity contribution in [2.45, 2.75) is 38.1 Å². The zero-order valence-corrected chi connectivity index (χ0v) is 17.1. The molecule has 1 aromatic heterocycles. The topological polar surface area (TPSA) is 73.4 Å². The molecule has 2 heterocycles. The molecule has 1 aromatic carbocycles. The molecule has 1 aliphatic carbocycles. The second kappa shape index (κ2) is 9.22. The van der Waals surface area contributed by atoms with Gasteiger partial charge in [0.25, 0.3) is 5.91 Å². The van der Waals surface area contributed by atoms with Gasteiger partial charge in [0.2, 0.25) is 5.95 Å². The van der Waals surface area contributed by atoms with E-state index in [2.05, 4.69) is 49.6 Å². The SMILES string of the molecule is CN1CCN(c2ccc(Nc3nccc(C(=O)NC4CCCCC4)n3)cc2)CC1. The second-order valence-electron chi connectivity index (χ2n) is 8.04. The van der Waals surface area contributed by atoms with Gasteiger partial charge in [-0.25, -0.2) is 9.97 Å². The van der Waals surface area contributed by atoms with Crippen LogP contribution in [-0.4, -0.2) is 60.0 Å². The number of amides is 1. The monoisotopic (exact) mass is 394 g/mol. The maximum atomic E-state index is 12.5. The summed E-state index contributed by atoms with van der Waals surface area (Å²) in [5, 5.41) is 6.32. The number of carbonyl (C=O) groups excluding carboxylic acids is 1. The molecule has 0 spiro atoms. The molecule has 1 saturated heterocycles. The molecule has 2 aromatic rings. The van der Waals surface area contributed by atoms with E-state index in [4.69, 9.17) is 0 Å². The first-order chi connectivity index (χ1) is 14.2. The van der Waals surface area contributed by atoms with Gasteiger partial charge in [-0.1, -0.05) is 19.3 Å². The number of hydrogen-bond acceptors (Lipinski definition) is 6. The van der Waals surface area contributed by atoms with Gasteiger partial charge < -0.3 is 20.4 Å². The molecule has 0 unspecified atom stereocenters. The van der Waals surface area contributed by atoms with Gasteiger partial charge in [-0.05, 0) is 50.2 Å². The van der Waals surface area contributed by atoms with Gasteiger partial charge in [0.15, 0.2) is 0 Å². The summed E-state index contributed by atoms with van der Waals surface area (Å²) in [5.41, 5.74) is 2.54. The summed E-state index contributed by atoms with van der Waals surface area (Å²) in [6, 6.07) is 10.2. The lowest BCUT2D eigenvalue weighted by atomic mass is 9.95. The minimum Gasteiger partial charge on any atom is -0.369 e. The highest BCUT2D eigenvalue weighted by atomic mass is 16.1. The standard InChI is InChI=1S/C22H30N6O/c1-27-13-15-28(16-14-27)19-9-7-18(8-10-19)25-22-23-12-11-20(26-22)21(29)24-17-5-3-2-4-6-17/h7-12,17H,2-6,13-16H2,1H3,(H,24,29)(H,23,25,26). The highest BCUT2D eigenvalue weighted by Gasteiger charge is 2.18. The average molecular weight is 395 g/mol. The van der Waals surface area contributed by atoms with E-state index in [0.29, 0.717) is 11.6 Å². The summed E-state index contributed by atoms with van der Waals surface area (Å²) in [6.07, 6.45) is 7.38. The summed E-state index contributed by atoms with van der Waals surface area (Å²) >= 11 is 0. The third-order valence-corrected chi connectivity index (χ3v) is 5.82. The van der Waals surface area contributed by atoms with E-state index >= 15 is 0 Å². The van der Waals surface area contributed by atoms with Crippen LogP contribution in [0.25, 0.3) is 0 Å². The number of nitrogens with zero attached hydrogens (tertiary/aromatic N) is 4. The number of nitrogens with one attached hydrogen (secondary N) is 2. The van der Waals surface area contributed by atoms with Crippen LogP contribution in [0.3, 0.4) is 0 Å². The zero-order chi connectivity index (χ0) is 20.1. The van der Waals surface area contributed by atoms with E-state index in [1.807, 2.05) is 12.1 Å². The smallest absolute Gasteiger partial charge is 0.270 e. The molecule has 2 fully saturated rings. The van der Waals surface area contributed by atoms with Crippen molar-refractivity contribution in [1.82, 2.24) is 20.2 Å². The Labute approximate surface area is 172 Å². The highest BCUT2D eigenvalue weighted by molar-refractivity contribution is 5.92. The summed E-state index contributed by atoms with van der Waals surface area (Å²) in [5.74, 6) is 0.321. The van der Waals surface area contributed by atoms with Gasteiger partial charge in [0.1, 0.15) is 5.69 Å². The first-order valence-electron chi connectivity index (χ1n) is 10.6. The average Bonchev–Trinajstić information content (AvgIpc) is 2.76. The Bertz CT molecular complexity index is 810. The molecular weight excluding hydrogens is 364 g/mol. The van der Waals surface area contributed by atoms with Crippen LogP contribution in [-0.2, 0) is 0 Å². The highest BCUT2D eigenvalue weighted by Crippen LogP contribution is 2.21. The minimum atomic E-state index is -0.118. The van der Waals surface area contributed by atoms with Gasteiger partial charge in [0, 0.05) is 49.8 Å². The molecule has 4 rings (SSSR count). The van der Waals surface area contributed by atoms with Crippen LogP contribution < -0.4 is 15.5 Å². The van der Waals surface area contributed by atoms with Crippen molar-refractivity contribution in [3.8, 4) is 0 Å². The Kier molecular flexibility index (Phi) is 6.24. The van der Waals surface area contributed by atoms with E-state index in [9.17, 15) is 4.79 Å². The lowest BCUT2D eigenvalue weighted by molar-refractivity contribution is 0.0922. The van der Waals surface area contributed by atoms with E-state index in [0.717, 1.165) is 44.7 Å². The van der Waals surface area contributed by atoms with Crippen molar-refractivity contribution in [2.75, 3.05) is 43.4 Å². The molecule has 29 heavy (non-hydrogen) atoms. The molecular formula is C22H30N6O. The zero-order valence-electron chi connectivity index (χ0n) is 17.1. The fourth-order valence-corrected chi connectivity index (χ4v) is 4.00. The number of benzene rings is 1. The van der Waals surface area contributed by atoms with Gasteiger partial charge in [-0.15, -0.1) is 0 Å². The molecule has 1 saturated carbocycles. The third-order valence-electron chi connectivity index (χ3n) is 5.82. The van der Waals surface area contributed by atoms with Crippen molar-refractivity contribution in [1.29, 1.82) is 0 Å². The molecule has 2 N–H and O–H groups in total. The van der Waals surface area contributed by atoms with E-state index in [-0.39, 0.29) is 11.9 Å². The normalized spacial score (nSPS) is 18.4. The van der Waals surface area contributed by atoms with Crippen LogP contribution in [0.2, 0.25) is 0 Å². The Morgan fingerprint density at radius 3 is 2.45 bits per heavy atom. The predicted octanol–water partition coefficient (Wildman–Crippen LogP) is 3.03. The van der Waals surface area contributed by atoms with E-state index in [1.54, 1.807) is 12.3 Å². The number of rotatable bonds is 5.